The molecule has 0 aliphatic heterocycles. The van der Waals surface area contributed by atoms with E-state index in [1.54, 1.807) is 36.4 Å². The van der Waals surface area contributed by atoms with Crippen molar-refractivity contribution in [2.24, 2.45) is 5.73 Å². The number of hydrogen-bond donors (Lipinski definition) is 1. The lowest BCUT2D eigenvalue weighted by molar-refractivity contribution is 0.507. The second-order valence-corrected chi connectivity index (χ2v) is 9.33. The lowest BCUT2D eigenvalue weighted by atomic mass is 10.4. The minimum Gasteiger partial charge on any atom is -0.376 e. The van der Waals surface area contributed by atoms with Gasteiger partial charge in [-0.3, -0.25) is 0 Å². The van der Waals surface area contributed by atoms with Crippen molar-refractivity contribution < 1.29 is 16.8 Å². The normalized spacial score (nSPS) is 11.8. The van der Waals surface area contributed by atoms with Gasteiger partial charge in [-0.1, -0.05) is 36.4 Å². The van der Waals surface area contributed by atoms with Crippen molar-refractivity contribution in [3.05, 3.63) is 60.7 Å². The summed E-state index contributed by atoms with van der Waals surface area (Å²) >= 11 is 4.83. The Balaban J connectivity index is 2.27. The van der Waals surface area contributed by atoms with Crippen molar-refractivity contribution in [1.29, 1.82) is 0 Å². The molecular formula is C15H16N2O4S3. The van der Waals surface area contributed by atoms with E-state index in [0.717, 1.165) is 4.90 Å². The molecule has 0 aliphatic rings. The number of benzene rings is 2. The Bertz CT molecular complexity index is 840. The van der Waals surface area contributed by atoms with E-state index in [9.17, 15) is 16.8 Å². The predicted octanol–water partition coefficient (Wildman–Crippen LogP) is 1.39. The molecule has 0 unspecified atom stereocenters. The van der Waals surface area contributed by atoms with E-state index >= 15 is 0 Å². The molecule has 0 heterocycles. The van der Waals surface area contributed by atoms with E-state index in [4.69, 9.17) is 18.0 Å². The van der Waals surface area contributed by atoms with Crippen LogP contribution < -0.4 is 5.73 Å². The predicted molar refractivity (Wildman–Crippen MR) is 95.6 cm³/mol. The second-order valence-electron chi connectivity index (χ2n) is 4.99. The van der Waals surface area contributed by atoms with Crippen molar-refractivity contribution in [3.63, 3.8) is 0 Å². The van der Waals surface area contributed by atoms with Crippen molar-refractivity contribution in [3.8, 4) is 0 Å². The average molecular weight is 385 g/mol. The van der Waals surface area contributed by atoms with Crippen LogP contribution in [0.1, 0.15) is 0 Å². The molecule has 2 rings (SSSR count). The molecule has 0 saturated carbocycles. The lowest BCUT2D eigenvalue weighted by Gasteiger charge is -2.22. The topological polar surface area (TPSA) is 97.5 Å². The Hall–Kier alpha value is -1.97. The van der Waals surface area contributed by atoms with Gasteiger partial charge in [0.25, 0.3) is 0 Å². The van der Waals surface area contributed by atoms with Crippen LogP contribution in [0.4, 0.5) is 0 Å². The quantitative estimate of drug-likeness (QED) is 0.752. The summed E-state index contributed by atoms with van der Waals surface area (Å²) in [6, 6.07) is 15.4. The molecule has 0 saturated heterocycles. The largest absolute Gasteiger partial charge is 0.376 e. The van der Waals surface area contributed by atoms with E-state index < -0.39 is 31.4 Å². The third kappa shape index (κ3) is 4.53. The zero-order chi connectivity index (χ0) is 17.8. The molecule has 0 amide bonds. The molecule has 2 N–H and O–H groups in total. The summed E-state index contributed by atoms with van der Waals surface area (Å²) in [6.07, 6.45) is 0. The molecule has 0 bridgehead atoms. The summed E-state index contributed by atoms with van der Waals surface area (Å²) in [5, 5.41) is -0.297. The van der Waals surface area contributed by atoms with Gasteiger partial charge in [0.2, 0.25) is 0 Å². The van der Waals surface area contributed by atoms with Crippen LogP contribution in [0, 0.1) is 0 Å². The van der Waals surface area contributed by atoms with Crippen molar-refractivity contribution in [1.82, 2.24) is 4.90 Å². The van der Waals surface area contributed by atoms with Gasteiger partial charge in [0.1, 0.15) is 11.8 Å². The number of hydrogen-bond acceptors (Lipinski definition) is 5. The van der Waals surface area contributed by atoms with E-state index in [1.165, 1.54) is 24.3 Å². The highest BCUT2D eigenvalue weighted by atomic mass is 32.2. The molecule has 6 nitrogen and oxygen atoms in total. The maximum absolute atomic E-state index is 12.4. The van der Waals surface area contributed by atoms with Gasteiger partial charge in [-0.2, -0.15) is 0 Å². The summed E-state index contributed by atoms with van der Waals surface area (Å²) in [4.78, 5) is 1.10. The zero-order valence-electron chi connectivity index (χ0n) is 12.6. The minimum atomic E-state index is -3.77. The minimum absolute atomic E-state index is 0.0726. The fourth-order valence-corrected chi connectivity index (χ4v) is 5.11. The van der Waals surface area contributed by atoms with Crippen LogP contribution in [-0.2, 0) is 19.7 Å². The van der Waals surface area contributed by atoms with Crippen LogP contribution in [-0.4, -0.2) is 38.6 Å². The number of nitrogens with two attached hydrogens (primary N) is 1. The van der Waals surface area contributed by atoms with Gasteiger partial charge >= 0.3 is 0 Å². The first kappa shape index (κ1) is 18.4. The van der Waals surface area contributed by atoms with Gasteiger partial charge in [-0.05, 0) is 36.5 Å². The van der Waals surface area contributed by atoms with Crippen LogP contribution >= 0.6 is 12.2 Å². The van der Waals surface area contributed by atoms with Crippen LogP contribution in [0.2, 0.25) is 0 Å². The SMILES string of the molecule is NC(=S)N(CS(=O)(=O)c1ccccc1)CS(=O)(=O)c1ccccc1. The van der Waals surface area contributed by atoms with Crippen LogP contribution in [0.3, 0.4) is 0 Å². The number of sulfone groups is 2. The van der Waals surface area contributed by atoms with Gasteiger partial charge in [0.05, 0.1) is 9.79 Å². The summed E-state index contributed by atoms with van der Waals surface area (Å²) in [5.41, 5.74) is 5.54. The van der Waals surface area contributed by atoms with Crippen LogP contribution in [0.5, 0.6) is 0 Å². The molecule has 0 atom stereocenters. The molecule has 0 aliphatic carbocycles. The molecule has 128 valence electrons. The average Bonchev–Trinajstić information content (AvgIpc) is 2.55. The van der Waals surface area contributed by atoms with Gasteiger partial charge in [-0.15, -0.1) is 0 Å². The smallest absolute Gasteiger partial charge is 0.196 e. The number of rotatable bonds is 6. The zero-order valence-corrected chi connectivity index (χ0v) is 15.0. The van der Waals surface area contributed by atoms with E-state index in [1.807, 2.05) is 0 Å². The third-order valence-electron chi connectivity index (χ3n) is 3.17. The van der Waals surface area contributed by atoms with Gasteiger partial charge in [0.15, 0.2) is 24.8 Å². The summed E-state index contributed by atoms with van der Waals surface area (Å²) in [5.74, 6) is -1.23. The van der Waals surface area contributed by atoms with Crippen molar-refractivity contribution in [2.75, 3.05) is 11.8 Å². The number of nitrogens with zero attached hydrogens (tertiary/aromatic N) is 1. The number of thiocarbonyl (C=S) groups is 1. The van der Waals surface area contributed by atoms with Gasteiger partial charge in [0, 0.05) is 0 Å². The summed E-state index contributed by atoms with van der Waals surface area (Å²) in [6.45, 7) is 0. The van der Waals surface area contributed by atoms with Crippen LogP contribution in [0.15, 0.2) is 70.5 Å². The maximum atomic E-state index is 12.4. The Kier molecular flexibility index (Phi) is 5.58. The Labute approximate surface area is 146 Å². The summed E-state index contributed by atoms with van der Waals surface area (Å²) in [7, 11) is -7.53. The van der Waals surface area contributed by atoms with E-state index in [2.05, 4.69) is 0 Å². The van der Waals surface area contributed by atoms with Crippen LogP contribution in [0.25, 0.3) is 0 Å². The first-order chi connectivity index (χ1) is 11.2. The molecule has 24 heavy (non-hydrogen) atoms. The van der Waals surface area contributed by atoms with Gasteiger partial charge in [-0.25, -0.2) is 16.8 Å². The molecule has 0 spiro atoms. The molecule has 0 fully saturated rings. The monoisotopic (exact) mass is 384 g/mol. The maximum Gasteiger partial charge on any atom is 0.196 e. The lowest BCUT2D eigenvalue weighted by Crippen LogP contribution is -2.42. The molecule has 2 aromatic carbocycles. The first-order valence-corrected chi connectivity index (χ1v) is 10.5. The Morgan fingerprint density at radius 1 is 0.792 bits per heavy atom. The first-order valence-electron chi connectivity index (χ1n) is 6.82. The fourth-order valence-electron chi connectivity index (χ4n) is 1.98. The Morgan fingerprint density at radius 3 is 1.42 bits per heavy atom. The van der Waals surface area contributed by atoms with E-state index in [-0.39, 0.29) is 14.9 Å². The van der Waals surface area contributed by atoms with Gasteiger partial charge < -0.3 is 10.6 Å². The summed E-state index contributed by atoms with van der Waals surface area (Å²) < 4.78 is 49.7. The van der Waals surface area contributed by atoms with Crippen molar-refractivity contribution >= 4 is 37.0 Å². The molecule has 2 aromatic rings. The van der Waals surface area contributed by atoms with Crippen molar-refractivity contribution in [2.45, 2.75) is 9.79 Å². The Morgan fingerprint density at radius 2 is 1.12 bits per heavy atom. The second kappa shape index (κ2) is 7.29. The fraction of sp³-hybridized carbons (Fsp3) is 0.133. The molecule has 0 radical (unpaired) electrons. The standard InChI is InChI=1S/C15H16N2O4S3/c16-15(22)17(11-23(18,19)13-7-3-1-4-8-13)12-24(20,21)14-9-5-2-6-10-14/h1-10H,11-12H2,(H2,16,22). The highest BCUT2D eigenvalue weighted by Crippen LogP contribution is 2.15. The molecular weight excluding hydrogens is 368 g/mol. The van der Waals surface area contributed by atoms with E-state index in [0.29, 0.717) is 0 Å². The third-order valence-corrected chi connectivity index (χ3v) is 6.71. The highest BCUT2D eigenvalue weighted by Gasteiger charge is 2.25. The molecule has 9 heteroatoms. The highest BCUT2D eigenvalue weighted by molar-refractivity contribution is 7.92. The molecule has 0 aromatic heterocycles.